The Kier molecular flexibility index (Phi) is 29.2. The lowest BCUT2D eigenvalue weighted by Gasteiger charge is -2.54. The van der Waals surface area contributed by atoms with Crippen LogP contribution in [0.4, 0.5) is 0 Å². The van der Waals surface area contributed by atoms with Crippen LogP contribution in [-0.2, 0) is 62.3 Å². The van der Waals surface area contributed by atoms with E-state index in [1.165, 1.54) is 0 Å². The highest BCUT2D eigenvalue weighted by Crippen LogP contribution is 2.32. The summed E-state index contributed by atoms with van der Waals surface area (Å²) in [6, 6.07) is -10.9. The molecule has 3 heterocycles. The van der Waals surface area contributed by atoms with Crippen molar-refractivity contribution >= 4 is 77.7 Å². The van der Waals surface area contributed by atoms with Crippen LogP contribution in [0.2, 0.25) is 0 Å². The normalized spacial score (nSPS) is 26.4. The van der Waals surface area contributed by atoms with Gasteiger partial charge in [-0.1, -0.05) is 0 Å². The summed E-state index contributed by atoms with van der Waals surface area (Å²) in [7, 11) is 0. The zero-order chi connectivity index (χ0) is 62.0. The maximum Gasteiger partial charge on any atom is 0.372 e. The molecule has 1 aliphatic carbocycles. The van der Waals surface area contributed by atoms with Crippen molar-refractivity contribution in [2.45, 2.75) is 175 Å². The summed E-state index contributed by atoms with van der Waals surface area (Å²) >= 11 is 0. The minimum Gasteiger partial charge on any atom is -0.476 e. The van der Waals surface area contributed by atoms with Gasteiger partial charge in [-0.2, -0.15) is 0 Å². The van der Waals surface area contributed by atoms with E-state index in [0.717, 1.165) is 0 Å². The zero-order valence-electron chi connectivity index (χ0n) is 46.5. The maximum absolute atomic E-state index is 14.3. The molecule has 3 saturated heterocycles. The molecular weight excluding hydrogens is 1120 g/mol. The lowest BCUT2D eigenvalue weighted by atomic mass is 9.72. The molecule has 20 N–H and O–H groups in total. The van der Waals surface area contributed by atoms with Crippen molar-refractivity contribution in [2.24, 2.45) is 11.7 Å². The summed E-state index contributed by atoms with van der Waals surface area (Å²) in [5.74, 6) is -10.9. The smallest absolute Gasteiger partial charge is 0.372 e. The minimum atomic E-state index is -1.69. The number of quaternary nitrogens is 1. The number of aliphatic hydroxyl groups is 4. The fourth-order valence-electron chi connectivity index (χ4n) is 10.8. The lowest BCUT2D eigenvalue weighted by Crippen LogP contribution is -3.29. The third-order valence-electron chi connectivity index (χ3n) is 15.3. The maximum atomic E-state index is 14.3. The van der Waals surface area contributed by atoms with Crippen molar-refractivity contribution < 1.29 is 103 Å². The molecule has 0 aromatic carbocycles. The minimum absolute atomic E-state index is 0.0429. The van der Waals surface area contributed by atoms with Crippen LogP contribution in [0.15, 0.2) is 0 Å². The first-order valence-electron chi connectivity index (χ1n) is 28.2. The number of carboxylic acid groups (broad SMARTS) is 1. The van der Waals surface area contributed by atoms with Gasteiger partial charge in [-0.3, -0.25) is 73.3 Å². The number of ketones is 1. The quantitative estimate of drug-likeness (QED) is 0.0101. The summed E-state index contributed by atoms with van der Waals surface area (Å²) in [6.07, 6.45) is -2.66. The number of aliphatic hydroxyl groups excluding tert-OH is 4. The van der Waals surface area contributed by atoms with Gasteiger partial charge in [-0.25, -0.2) is 14.9 Å². The van der Waals surface area contributed by atoms with Crippen LogP contribution < -0.4 is 63.8 Å². The van der Waals surface area contributed by atoms with Crippen molar-refractivity contribution in [2.75, 3.05) is 52.5 Å². The average molecular weight is 1200 g/mol. The highest BCUT2D eigenvalue weighted by Gasteiger charge is 2.56. The molecule has 11 amide bonds. The number of carboxylic acids is 1. The van der Waals surface area contributed by atoms with Gasteiger partial charge in [0.2, 0.25) is 65.9 Å². The number of piperidine rings is 1. The summed E-state index contributed by atoms with van der Waals surface area (Å²) in [4.78, 5) is 168. The number of Topliss-reactive ketones (excluding diaryl/α,β-unsaturated/α-hetero) is 1. The SMILES string of the molecule is NCCCCC(NC(=O)C(CO)NC(=O)C1CCNC2C(NC(=O)CCC(=O)C(=O)O)CC3CC(O)C(O)CC3[NH+]12)C(=O)NCC(=O)NC(CCCN(O)C=O)C(=O)NC1CCCCNC(=O)C(CO)NC(=O)C(CCCN(O)C=O)NC1=O. The van der Waals surface area contributed by atoms with E-state index in [4.69, 9.17) is 10.8 Å². The molecule has 0 aromatic rings. The van der Waals surface area contributed by atoms with Crippen LogP contribution in [0.25, 0.3) is 0 Å². The third-order valence-corrected chi connectivity index (χ3v) is 15.3. The number of hydrogen-bond acceptors (Lipinski definition) is 21. The first kappa shape index (κ1) is 69.4. The monoisotopic (exact) mass is 1200 g/mol. The van der Waals surface area contributed by atoms with E-state index >= 15 is 0 Å². The summed E-state index contributed by atoms with van der Waals surface area (Å²) in [5.41, 5.74) is 5.70. The van der Waals surface area contributed by atoms with Crippen molar-refractivity contribution in [1.82, 2.24) is 63.3 Å². The highest BCUT2D eigenvalue weighted by molar-refractivity contribution is 6.32. The van der Waals surface area contributed by atoms with Crippen LogP contribution in [-0.4, -0.2) is 249 Å². The molecule has 0 bridgehead atoms. The van der Waals surface area contributed by atoms with Gasteiger partial charge in [0, 0.05) is 57.8 Å². The van der Waals surface area contributed by atoms with E-state index in [-0.39, 0.29) is 134 Å². The van der Waals surface area contributed by atoms with Crippen LogP contribution in [0, 0.1) is 5.92 Å². The Balaban J connectivity index is 1.47. The molecule has 472 valence electrons. The van der Waals surface area contributed by atoms with E-state index in [0.29, 0.717) is 22.8 Å². The Hall–Kier alpha value is -7.05. The topological polar surface area (TPSA) is 521 Å². The molecule has 0 aromatic heterocycles. The number of rotatable bonds is 31. The van der Waals surface area contributed by atoms with Gasteiger partial charge >= 0.3 is 5.97 Å². The van der Waals surface area contributed by atoms with E-state index in [9.17, 15) is 93.2 Å². The van der Waals surface area contributed by atoms with Crippen LogP contribution in [0.1, 0.15) is 103 Å². The second kappa shape index (κ2) is 35.3. The van der Waals surface area contributed by atoms with Crippen LogP contribution in [0.5, 0.6) is 0 Å². The van der Waals surface area contributed by atoms with Gasteiger partial charge in [0.1, 0.15) is 36.3 Å². The molecule has 14 atom stereocenters. The Morgan fingerprint density at radius 3 is 2.04 bits per heavy atom. The fourth-order valence-corrected chi connectivity index (χ4v) is 10.8. The van der Waals surface area contributed by atoms with Gasteiger partial charge in [0.05, 0.1) is 44.1 Å². The van der Waals surface area contributed by atoms with Crippen LogP contribution in [0.3, 0.4) is 0 Å². The average Bonchev–Trinajstić information content (AvgIpc) is 1.54. The molecule has 0 spiro atoms. The number of hydroxylamine groups is 4. The fraction of sp³-hybridized carbons (Fsp3) is 0.740. The number of nitrogens with one attached hydrogen (secondary N) is 11. The van der Waals surface area contributed by atoms with Gasteiger partial charge < -0.3 is 84.0 Å². The van der Waals surface area contributed by atoms with E-state index < -0.39 is 170 Å². The molecule has 34 heteroatoms. The van der Waals surface area contributed by atoms with Gasteiger partial charge in [-0.05, 0) is 83.6 Å². The number of carbonyl (C=O) groups is 13. The zero-order valence-corrected chi connectivity index (χ0v) is 46.5. The van der Waals surface area contributed by atoms with Crippen molar-refractivity contribution in [3.63, 3.8) is 0 Å². The molecule has 3 aliphatic heterocycles. The standard InChI is InChI=1S/C50H82N14O20/c51-14-3-1-7-28(57-48(79)34(24-66)61-49(80)35-13-16-52-42-32(56-40(72)12-11-37(69)50(81)82)19-27-20-38(70)39(71)21-36(27)64(35)42)43(74)54-22-41(73)55-29(9-5-17-62(83)25-67)45(76)58-30-8-2-4-15-53-44(75)33(23-65)60-47(78)31(59-46(30)77)10-6-18-63(84)26-68/h25-36,38-39,42,52,65-66,70-71,83-84H,1-24,51H2,(H,53,75)(H,54,74)(H,55,73)(H,56,72)(H,57,79)(H,58,76)(H,59,77)(H,60,78)(H,61,80)(H,81,82)/p+1. The number of hydrogen-bond donors (Lipinski definition) is 19. The molecule has 4 rings (SSSR count). The number of nitrogens with zero attached hydrogens (tertiary/aromatic N) is 2. The van der Waals surface area contributed by atoms with Gasteiger partial charge in [-0.15, -0.1) is 0 Å². The number of nitrogens with two attached hydrogens (primary N) is 1. The number of aliphatic carboxylic acids is 1. The summed E-state index contributed by atoms with van der Waals surface area (Å²) in [5, 5.41) is 96.7. The Labute approximate surface area is 482 Å². The number of amides is 11. The second-order valence-corrected chi connectivity index (χ2v) is 21.3. The molecule has 0 radical (unpaired) electrons. The molecule has 4 fully saturated rings. The third kappa shape index (κ3) is 21.5. The van der Waals surface area contributed by atoms with E-state index in [1.54, 1.807) is 0 Å². The molecule has 34 nitrogen and oxygen atoms in total. The Morgan fingerprint density at radius 2 is 1.37 bits per heavy atom. The molecule has 4 aliphatic rings. The highest BCUT2D eigenvalue weighted by atomic mass is 16.5. The second-order valence-electron chi connectivity index (χ2n) is 21.3. The molecule has 14 unspecified atom stereocenters. The van der Waals surface area contributed by atoms with Crippen molar-refractivity contribution in [3.8, 4) is 0 Å². The largest absolute Gasteiger partial charge is 0.476 e. The predicted octanol–water partition coefficient (Wildman–Crippen LogP) is -9.92. The number of carbonyl (C=O) groups excluding carboxylic acids is 12. The molecule has 84 heavy (non-hydrogen) atoms. The van der Waals surface area contributed by atoms with E-state index in [2.05, 4.69) is 53.2 Å². The lowest BCUT2D eigenvalue weighted by molar-refractivity contribution is -0.983. The molecule has 1 saturated carbocycles. The summed E-state index contributed by atoms with van der Waals surface area (Å²) in [6.45, 7) is -2.67. The Morgan fingerprint density at radius 1 is 0.702 bits per heavy atom. The van der Waals surface area contributed by atoms with Crippen LogP contribution >= 0.6 is 0 Å². The molecular formula is C50H83N14O20+. The van der Waals surface area contributed by atoms with Gasteiger partial charge in [0.15, 0.2) is 12.2 Å². The first-order valence-corrected chi connectivity index (χ1v) is 28.2. The van der Waals surface area contributed by atoms with Crippen molar-refractivity contribution in [1.29, 1.82) is 0 Å². The van der Waals surface area contributed by atoms with Crippen molar-refractivity contribution in [3.05, 3.63) is 0 Å². The summed E-state index contributed by atoms with van der Waals surface area (Å²) < 4.78 is 0. The van der Waals surface area contributed by atoms with E-state index in [1.807, 2.05) is 0 Å². The number of fused-ring (bicyclic) bond motifs is 3. The Bertz CT molecular complexity index is 2310. The van der Waals surface area contributed by atoms with Gasteiger partial charge in [0.25, 0.3) is 5.91 Å². The number of unbranched alkanes of at least 4 members (excludes halogenated alkanes) is 1. The first-order chi connectivity index (χ1) is 40.0. The predicted molar refractivity (Wildman–Crippen MR) is 284 cm³/mol.